The summed E-state index contributed by atoms with van der Waals surface area (Å²) < 4.78 is 35.8. The van der Waals surface area contributed by atoms with E-state index in [2.05, 4.69) is 10.5 Å². The van der Waals surface area contributed by atoms with Crippen LogP contribution in [0.1, 0.15) is 6.42 Å². The summed E-state index contributed by atoms with van der Waals surface area (Å²) >= 11 is 0. The average molecular weight is 246 g/mol. The van der Waals surface area contributed by atoms with Gasteiger partial charge < -0.3 is 15.0 Å². The minimum absolute atomic E-state index is 0. The van der Waals surface area contributed by atoms with Crippen molar-refractivity contribution in [1.29, 1.82) is 0 Å². The van der Waals surface area contributed by atoms with E-state index in [0.717, 1.165) is 0 Å². The molecule has 1 aliphatic rings. The maximum absolute atomic E-state index is 10.7. The van der Waals surface area contributed by atoms with Crippen molar-refractivity contribution < 1.29 is 56.9 Å². The van der Waals surface area contributed by atoms with E-state index in [1.807, 2.05) is 0 Å². The van der Waals surface area contributed by atoms with E-state index in [0.29, 0.717) is 0 Å². The first-order valence-electron chi connectivity index (χ1n) is 3.52. The Morgan fingerprint density at radius 3 is 2.53 bits per heavy atom. The molecule has 15 heavy (non-hydrogen) atoms. The second-order valence-corrected chi connectivity index (χ2v) is 3.88. The van der Waals surface area contributed by atoms with Gasteiger partial charge in [0.05, 0.1) is 12.5 Å². The van der Waals surface area contributed by atoms with Crippen molar-refractivity contribution in [3.05, 3.63) is 0 Å². The van der Waals surface area contributed by atoms with Crippen LogP contribution in [0.5, 0.6) is 0 Å². The number of rotatable bonds is 3. The largest absolute Gasteiger partial charge is 1.00 e. The molecule has 80 valence electrons. The van der Waals surface area contributed by atoms with Crippen LogP contribution in [0.3, 0.4) is 0 Å². The first-order chi connectivity index (χ1) is 6.32. The summed E-state index contributed by atoms with van der Waals surface area (Å²) in [5.74, 6) is -0.807. The smallest absolute Gasteiger partial charge is 0.731 e. The molecule has 1 rings (SSSR count). The van der Waals surface area contributed by atoms with Crippen LogP contribution in [-0.2, 0) is 19.8 Å². The fourth-order valence-electron chi connectivity index (χ4n) is 1.08. The number of hydrogen-bond donors (Lipinski definition) is 1. The molecule has 0 aromatic heterocycles. The number of nitrogens with two attached hydrogens (primary N) is 1. The van der Waals surface area contributed by atoms with Crippen molar-refractivity contribution in [3.63, 3.8) is 0 Å². The average Bonchev–Trinajstić information content (AvgIpc) is 1.92. The van der Waals surface area contributed by atoms with E-state index in [9.17, 15) is 22.6 Å². The van der Waals surface area contributed by atoms with Gasteiger partial charge in [0.1, 0.15) is 6.61 Å². The third-order valence-electron chi connectivity index (χ3n) is 1.65. The number of primary amides is 1. The van der Waals surface area contributed by atoms with E-state index in [4.69, 9.17) is 0 Å². The van der Waals surface area contributed by atoms with Crippen molar-refractivity contribution in [3.8, 4) is 0 Å². The van der Waals surface area contributed by atoms with E-state index in [1.54, 1.807) is 0 Å². The van der Waals surface area contributed by atoms with E-state index >= 15 is 0 Å². The quantitative estimate of drug-likeness (QED) is 0.302. The van der Waals surface area contributed by atoms with Crippen LogP contribution in [0, 0.1) is 0 Å². The monoisotopic (exact) mass is 246 g/mol. The molecule has 0 aromatic rings. The van der Waals surface area contributed by atoms with Gasteiger partial charge in [0, 0.05) is 0 Å². The molecule has 0 radical (unpaired) electrons. The van der Waals surface area contributed by atoms with Gasteiger partial charge in [-0.3, -0.25) is 4.79 Å². The molecule has 2 amide bonds. The number of carbonyl (C=O) groups is 2. The van der Waals surface area contributed by atoms with Gasteiger partial charge in [0.2, 0.25) is 5.91 Å². The zero-order valence-corrected chi connectivity index (χ0v) is 10.7. The van der Waals surface area contributed by atoms with Crippen molar-refractivity contribution in [2.24, 2.45) is 5.73 Å². The summed E-state index contributed by atoms with van der Waals surface area (Å²) in [7, 11) is -4.81. The van der Waals surface area contributed by atoms with Gasteiger partial charge in [-0.2, -0.15) is 0 Å². The summed E-state index contributed by atoms with van der Waals surface area (Å²) in [4.78, 5) is 20.9. The Kier molecular flexibility index (Phi) is 5.00. The Morgan fingerprint density at radius 2 is 2.20 bits per heavy atom. The Hall–Kier alpha value is -0.350. The molecule has 0 saturated carbocycles. The minimum Gasteiger partial charge on any atom is -0.731 e. The first-order valence-corrected chi connectivity index (χ1v) is 4.89. The van der Waals surface area contributed by atoms with Crippen molar-refractivity contribution in [2.45, 2.75) is 12.5 Å². The second-order valence-electron chi connectivity index (χ2n) is 2.64. The Balaban J connectivity index is 0.00000196. The standard InChI is InChI=1S/C5H8N2O6S.Na/c6-5(9)13-2-3-1-4(8)7(3)14(10,11)12;/h3H,1-2H2,(H2,6,9)(H,10,11,12);/q;+1/p-1. The van der Waals surface area contributed by atoms with Crippen LogP contribution in [0.25, 0.3) is 0 Å². The van der Waals surface area contributed by atoms with Crippen LogP contribution >= 0.6 is 0 Å². The molecule has 0 aliphatic carbocycles. The van der Waals surface area contributed by atoms with Gasteiger partial charge in [0.15, 0.2) is 10.3 Å². The number of amides is 2. The van der Waals surface area contributed by atoms with Crippen LogP contribution in [0.15, 0.2) is 0 Å². The second kappa shape index (κ2) is 5.12. The predicted molar refractivity (Wildman–Crippen MR) is 40.5 cm³/mol. The first kappa shape index (κ1) is 14.6. The SMILES string of the molecule is NC(=O)OCC1CC(=O)N1S(=O)(=O)[O-].[Na+]. The predicted octanol–water partition coefficient (Wildman–Crippen LogP) is -4.85. The zero-order chi connectivity index (χ0) is 10.9. The van der Waals surface area contributed by atoms with Crippen LogP contribution < -0.4 is 35.3 Å². The number of nitrogens with zero attached hydrogens (tertiary/aromatic N) is 1. The molecule has 1 fully saturated rings. The van der Waals surface area contributed by atoms with Gasteiger partial charge >= 0.3 is 35.7 Å². The topological polar surface area (TPSA) is 130 Å². The van der Waals surface area contributed by atoms with Gasteiger partial charge in [-0.25, -0.2) is 17.5 Å². The number of β-lactam (4-membered cyclic amide) rings is 1. The van der Waals surface area contributed by atoms with Crippen molar-refractivity contribution >= 4 is 22.3 Å². The summed E-state index contributed by atoms with van der Waals surface area (Å²) in [5, 5.41) is 0. The van der Waals surface area contributed by atoms with Crippen molar-refractivity contribution in [2.75, 3.05) is 6.61 Å². The maximum Gasteiger partial charge on any atom is 1.00 e. The van der Waals surface area contributed by atoms with Crippen LogP contribution in [0.2, 0.25) is 0 Å². The molecule has 1 heterocycles. The third kappa shape index (κ3) is 3.61. The number of ether oxygens (including phenoxy) is 1. The van der Waals surface area contributed by atoms with E-state index < -0.39 is 28.3 Å². The fraction of sp³-hybridized carbons (Fsp3) is 0.600. The molecule has 0 bridgehead atoms. The molecular formula is C5H7N2NaO6S. The van der Waals surface area contributed by atoms with Gasteiger partial charge in [-0.05, 0) is 0 Å². The normalized spacial score (nSPS) is 20.2. The Morgan fingerprint density at radius 1 is 1.67 bits per heavy atom. The van der Waals surface area contributed by atoms with Crippen LogP contribution in [-0.4, -0.2) is 41.9 Å². The molecule has 0 spiro atoms. The molecule has 0 aromatic carbocycles. The molecule has 2 N–H and O–H groups in total. The number of hydrogen-bond acceptors (Lipinski definition) is 6. The molecule has 8 nitrogen and oxygen atoms in total. The fourth-order valence-corrected chi connectivity index (χ4v) is 1.90. The summed E-state index contributed by atoms with van der Waals surface area (Å²) in [6, 6.07) is -0.919. The molecule has 10 heteroatoms. The Bertz CT molecular complexity index is 368. The van der Waals surface area contributed by atoms with E-state index in [-0.39, 0.29) is 46.9 Å². The van der Waals surface area contributed by atoms with Gasteiger partial charge in [0.25, 0.3) is 0 Å². The van der Waals surface area contributed by atoms with E-state index in [1.165, 1.54) is 0 Å². The molecule has 1 aliphatic heterocycles. The van der Waals surface area contributed by atoms with Crippen LogP contribution in [0.4, 0.5) is 4.79 Å². The third-order valence-corrected chi connectivity index (χ3v) is 2.63. The maximum atomic E-state index is 10.7. The number of carbonyl (C=O) groups excluding carboxylic acids is 2. The van der Waals surface area contributed by atoms with Gasteiger partial charge in [-0.15, -0.1) is 0 Å². The minimum atomic E-state index is -4.81. The zero-order valence-electron chi connectivity index (χ0n) is 7.87. The summed E-state index contributed by atoms with van der Waals surface area (Å²) in [6.07, 6.45) is -1.23. The summed E-state index contributed by atoms with van der Waals surface area (Å²) in [5.41, 5.74) is 4.62. The van der Waals surface area contributed by atoms with Gasteiger partial charge in [-0.1, -0.05) is 0 Å². The molecular weight excluding hydrogens is 239 g/mol. The molecule has 1 saturated heterocycles. The molecule has 1 atom stereocenters. The molecule has 1 unspecified atom stereocenters. The Labute approximate surface area is 108 Å². The van der Waals surface area contributed by atoms with Crippen molar-refractivity contribution in [1.82, 2.24) is 4.31 Å². The summed E-state index contributed by atoms with van der Waals surface area (Å²) in [6.45, 7) is -0.386.